The van der Waals surface area contributed by atoms with Crippen molar-refractivity contribution in [2.24, 2.45) is 0 Å². The van der Waals surface area contributed by atoms with Crippen molar-refractivity contribution in [3.05, 3.63) is 36.0 Å². The van der Waals surface area contributed by atoms with Gasteiger partial charge in [0.05, 0.1) is 0 Å². The van der Waals surface area contributed by atoms with Gasteiger partial charge in [-0.2, -0.15) is 0 Å². The van der Waals surface area contributed by atoms with Crippen molar-refractivity contribution >= 4 is 11.8 Å². The van der Waals surface area contributed by atoms with Crippen LogP contribution in [0.25, 0.3) is 0 Å². The molecule has 1 rings (SSSR count). The molecule has 0 bridgehead atoms. The van der Waals surface area contributed by atoms with E-state index in [-0.39, 0.29) is 11.6 Å². The van der Waals surface area contributed by atoms with Crippen LogP contribution in [-0.2, 0) is 0 Å². The molecule has 0 radical (unpaired) electrons. The highest BCUT2D eigenvalue weighted by Crippen LogP contribution is 2.15. The molecule has 0 saturated heterocycles. The standard InChI is InChI=1S/C12H16N2O2/c1-4-5-8(2)13-11-10(12(15)16)7-6-9(3)14-11/h4,6-8H,1,5H2,2-3H3,(H,13,14)(H,15,16). The number of hydrogen-bond acceptors (Lipinski definition) is 3. The zero-order valence-corrected chi connectivity index (χ0v) is 9.53. The fourth-order valence-corrected chi connectivity index (χ4v) is 1.38. The lowest BCUT2D eigenvalue weighted by atomic mass is 10.2. The number of nitrogens with zero attached hydrogens (tertiary/aromatic N) is 1. The first-order chi connectivity index (χ1) is 7.54. The first kappa shape index (κ1) is 12.2. The van der Waals surface area contributed by atoms with E-state index in [1.54, 1.807) is 18.2 Å². The van der Waals surface area contributed by atoms with Gasteiger partial charge in [-0.3, -0.25) is 0 Å². The van der Waals surface area contributed by atoms with Crippen molar-refractivity contribution in [3.8, 4) is 0 Å². The summed E-state index contributed by atoms with van der Waals surface area (Å²) in [4.78, 5) is 15.2. The van der Waals surface area contributed by atoms with Crippen molar-refractivity contribution in [2.75, 3.05) is 5.32 Å². The van der Waals surface area contributed by atoms with E-state index in [2.05, 4.69) is 16.9 Å². The number of anilines is 1. The summed E-state index contributed by atoms with van der Waals surface area (Å²) in [5.41, 5.74) is 0.986. The van der Waals surface area contributed by atoms with Gasteiger partial charge in [-0.25, -0.2) is 9.78 Å². The average molecular weight is 220 g/mol. The quantitative estimate of drug-likeness (QED) is 0.748. The van der Waals surface area contributed by atoms with E-state index in [1.807, 2.05) is 13.8 Å². The maximum Gasteiger partial charge on any atom is 0.339 e. The molecule has 0 aliphatic rings. The van der Waals surface area contributed by atoms with E-state index in [9.17, 15) is 4.79 Å². The maximum atomic E-state index is 11.0. The monoisotopic (exact) mass is 220 g/mol. The molecule has 4 heteroatoms. The maximum absolute atomic E-state index is 11.0. The van der Waals surface area contributed by atoms with Gasteiger partial charge in [0.25, 0.3) is 0 Å². The Labute approximate surface area is 95.0 Å². The molecular formula is C12H16N2O2. The smallest absolute Gasteiger partial charge is 0.339 e. The Hall–Kier alpha value is -1.84. The Morgan fingerprint density at radius 3 is 2.94 bits per heavy atom. The third-order valence-electron chi connectivity index (χ3n) is 2.17. The first-order valence-electron chi connectivity index (χ1n) is 5.13. The van der Waals surface area contributed by atoms with Crippen LogP contribution in [0.1, 0.15) is 29.4 Å². The normalized spacial score (nSPS) is 11.9. The van der Waals surface area contributed by atoms with E-state index >= 15 is 0 Å². The van der Waals surface area contributed by atoms with E-state index < -0.39 is 5.97 Å². The molecule has 1 atom stereocenters. The summed E-state index contributed by atoms with van der Waals surface area (Å²) >= 11 is 0. The number of carboxylic acids is 1. The van der Waals surface area contributed by atoms with Crippen LogP contribution < -0.4 is 5.32 Å². The van der Waals surface area contributed by atoms with Crippen LogP contribution in [0.15, 0.2) is 24.8 Å². The van der Waals surface area contributed by atoms with Gasteiger partial charge in [0.2, 0.25) is 0 Å². The Bertz CT molecular complexity index is 402. The van der Waals surface area contributed by atoms with Crippen molar-refractivity contribution in [1.82, 2.24) is 4.98 Å². The average Bonchev–Trinajstić information content (AvgIpc) is 2.17. The lowest BCUT2D eigenvalue weighted by molar-refractivity contribution is 0.0697. The van der Waals surface area contributed by atoms with Crippen molar-refractivity contribution < 1.29 is 9.90 Å². The van der Waals surface area contributed by atoms with E-state index in [1.165, 1.54) is 0 Å². The topological polar surface area (TPSA) is 62.2 Å². The highest BCUT2D eigenvalue weighted by molar-refractivity contribution is 5.93. The first-order valence-corrected chi connectivity index (χ1v) is 5.13. The Balaban J connectivity index is 2.96. The van der Waals surface area contributed by atoms with Gasteiger partial charge in [0, 0.05) is 11.7 Å². The second kappa shape index (κ2) is 5.30. The molecule has 0 amide bonds. The summed E-state index contributed by atoms with van der Waals surface area (Å²) < 4.78 is 0. The number of pyridine rings is 1. The molecule has 0 fully saturated rings. The Morgan fingerprint density at radius 1 is 1.69 bits per heavy atom. The van der Waals surface area contributed by atoms with E-state index in [0.717, 1.165) is 12.1 Å². The fourth-order valence-electron chi connectivity index (χ4n) is 1.38. The second-order valence-corrected chi connectivity index (χ2v) is 3.72. The molecular weight excluding hydrogens is 204 g/mol. The van der Waals surface area contributed by atoms with Crippen LogP contribution in [-0.4, -0.2) is 22.1 Å². The number of aromatic nitrogens is 1. The molecule has 1 heterocycles. The predicted molar refractivity (Wildman–Crippen MR) is 63.8 cm³/mol. The zero-order chi connectivity index (χ0) is 12.1. The van der Waals surface area contributed by atoms with Crippen LogP contribution in [0.2, 0.25) is 0 Å². The van der Waals surface area contributed by atoms with Gasteiger partial charge < -0.3 is 10.4 Å². The summed E-state index contributed by atoms with van der Waals surface area (Å²) in [5.74, 6) is -0.553. The molecule has 1 unspecified atom stereocenters. The molecule has 0 saturated carbocycles. The Morgan fingerprint density at radius 2 is 2.38 bits per heavy atom. The van der Waals surface area contributed by atoms with Crippen molar-refractivity contribution in [2.45, 2.75) is 26.3 Å². The lowest BCUT2D eigenvalue weighted by Gasteiger charge is -2.14. The van der Waals surface area contributed by atoms with Crippen LogP contribution in [0, 0.1) is 6.92 Å². The van der Waals surface area contributed by atoms with Crippen LogP contribution in [0.3, 0.4) is 0 Å². The highest BCUT2D eigenvalue weighted by Gasteiger charge is 2.12. The number of nitrogens with one attached hydrogen (secondary N) is 1. The fraction of sp³-hybridized carbons (Fsp3) is 0.333. The van der Waals surface area contributed by atoms with Gasteiger partial charge in [0.1, 0.15) is 11.4 Å². The molecule has 86 valence electrons. The lowest BCUT2D eigenvalue weighted by Crippen LogP contribution is -2.18. The molecule has 1 aromatic heterocycles. The van der Waals surface area contributed by atoms with Gasteiger partial charge >= 0.3 is 5.97 Å². The number of carbonyl (C=O) groups is 1. The minimum atomic E-state index is -0.971. The predicted octanol–water partition coefficient (Wildman–Crippen LogP) is 2.46. The summed E-state index contributed by atoms with van der Waals surface area (Å²) in [6, 6.07) is 3.37. The Kier molecular flexibility index (Phi) is 4.05. The van der Waals surface area contributed by atoms with Gasteiger partial charge in [-0.15, -0.1) is 6.58 Å². The highest BCUT2D eigenvalue weighted by atomic mass is 16.4. The molecule has 0 aromatic carbocycles. The number of aromatic carboxylic acids is 1. The number of aryl methyl sites for hydroxylation is 1. The molecule has 2 N–H and O–H groups in total. The summed E-state index contributed by atoms with van der Waals surface area (Å²) in [6.45, 7) is 7.42. The van der Waals surface area contributed by atoms with Crippen LogP contribution in [0.4, 0.5) is 5.82 Å². The number of carboxylic acid groups (broad SMARTS) is 1. The summed E-state index contributed by atoms with van der Waals surface area (Å²) in [5, 5.41) is 12.1. The third-order valence-corrected chi connectivity index (χ3v) is 2.17. The summed E-state index contributed by atoms with van der Waals surface area (Å²) in [6.07, 6.45) is 2.54. The second-order valence-electron chi connectivity index (χ2n) is 3.72. The number of rotatable bonds is 5. The molecule has 0 aliphatic heterocycles. The molecule has 1 aromatic rings. The number of hydrogen-bond donors (Lipinski definition) is 2. The third kappa shape index (κ3) is 3.08. The largest absolute Gasteiger partial charge is 0.478 e. The minimum absolute atomic E-state index is 0.116. The van der Waals surface area contributed by atoms with Gasteiger partial charge in [-0.05, 0) is 32.4 Å². The zero-order valence-electron chi connectivity index (χ0n) is 9.53. The molecule has 16 heavy (non-hydrogen) atoms. The molecule has 0 spiro atoms. The summed E-state index contributed by atoms with van der Waals surface area (Å²) in [7, 11) is 0. The van der Waals surface area contributed by atoms with Gasteiger partial charge in [0.15, 0.2) is 0 Å². The minimum Gasteiger partial charge on any atom is -0.478 e. The molecule has 0 aliphatic carbocycles. The van der Waals surface area contributed by atoms with Crippen LogP contribution in [0.5, 0.6) is 0 Å². The van der Waals surface area contributed by atoms with Gasteiger partial charge in [-0.1, -0.05) is 6.08 Å². The van der Waals surface area contributed by atoms with Crippen molar-refractivity contribution in [3.63, 3.8) is 0 Å². The van der Waals surface area contributed by atoms with E-state index in [0.29, 0.717) is 5.82 Å². The van der Waals surface area contributed by atoms with E-state index in [4.69, 9.17) is 5.11 Å². The SMILES string of the molecule is C=CCC(C)Nc1nc(C)ccc1C(=O)O. The van der Waals surface area contributed by atoms with Crippen LogP contribution >= 0.6 is 0 Å². The van der Waals surface area contributed by atoms with Crippen molar-refractivity contribution in [1.29, 1.82) is 0 Å². The molecule has 4 nitrogen and oxygen atoms in total.